The van der Waals surface area contributed by atoms with Gasteiger partial charge < -0.3 is 10.6 Å². The summed E-state index contributed by atoms with van der Waals surface area (Å²) in [5.74, 6) is 0.0234. The zero-order chi connectivity index (χ0) is 15.2. The van der Waals surface area contributed by atoms with Crippen LogP contribution < -0.4 is 5.73 Å². The first-order valence-electron chi connectivity index (χ1n) is 6.93. The Morgan fingerprint density at radius 1 is 1.29 bits per heavy atom. The molecule has 0 unspecified atom stereocenters. The van der Waals surface area contributed by atoms with E-state index in [0.717, 1.165) is 11.3 Å². The Morgan fingerprint density at radius 2 is 2.00 bits per heavy atom. The lowest BCUT2D eigenvalue weighted by molar-refractivity contribution is -0.128. The summed E-state index contributed by atoms with van der Waals surface area (Å²) in [4.78, 5) is 15.4. The number of carbonyl (C=O) groups excluding carboxylic acids is 1. The molecule has 2 aromatic rings. The van der Waals surface area contributed by atoms with Crippen LogP contribution in [-0.4, -0.2) is 16.8 Å². The molecule has 1 amide bonds. The van der Waals surface area contributed by atoms with E-state index >= 15 is 0 Å². The Morgan fingerprint density at radius 3 is 2.57 bits per heavy atom. The fourth-order valence-electron chi connectivity index (χ4n) is 1.96. The lowest BCUT2D eigenvalue weighted by Crippen LogP contribution is -2.34. The Hall–Kier alpha value is -2.07. The molecule has 0 aliphatic heterocycles. The summed E-state index contributed by atoms with van der Waals surface area (Å²) in [5, 5.41) is 2.03. The third-order valence-electron chi connectivity index (χ3n) is 3.17. The Bertz CT molecular complexity index is 600. The fourth-order valence-corrected chi connectivity index (χ4v) is 2.66. The molecule has 0 radical (unpaired) electrons. The number of nitrogen functional groups attached to an aromatic ring is 1. The van der Waals surface area contributed by atoms with Gasteiger partial charge in [-0.25, -0.2) is 0 Å². The minimum Gasteiger partial charge on any atom is -0.399 e. The van der Waals surface area contributed by atoms with Crippen molar-refractivity contribution in [1.82, 2.24) is 4.90 Å². The van der Waals surface area contributed by atoms with Crippen molar-refractivity contribution in [2.24, 2.45) is 0 Å². The number of rotatable bonds is 5. The molecule has 21 heavy (non-hydrogen) atoms. The largest absolute Gasteiger partial charge is 0.399 e. The van der Waals surface area contributed by atoms with Gasteiger partial charge in [-0.15, -0.1) is 11.3 Å². The SMILES string of the molecule is CC(C)N(Cc1cccs1)C(=O)/C=C/c1ccc(N)cc1. The topological polar surface area (TPSA) is 46.3 Å². The predicted molar refractivity (Wildman–Crippen MR) is 89.9 cm³/mol. The molecule has 1 aromatic carbocycles. The summed E-state index contributed by atoms with van der Waals surface area (Å²) < 4.78 is 0. The smallest absolute Gasteiger partial charge is 0.247 e. The van der Waals surface area contributed by atoms with Crippen molar-refractivity contribution in [2.75, 3.05) is 5.73 Å². The van der Waals surface area contributed by atoms with Gasteiger partial charge >= 0.3 is 0 Å². The number of benzene rings is 1. The van der Waals surface area contributed by atoms with Crippen molar-refractivity contribution in [3.8, 4) is 0 Å². The van der Waals surface area contributed by atoms with Crippen molar-refractivity contribution in [3.63, 3.8) is 0 Å². The van der Waals surface area contributed by atoms with Crippen LogP contribution in [-0.2, 0) is 11.3 Å². The van der Waals surface area contributed by atoms with Crippen LogP contribution in [0, 0.1) is 0 Å². The number of thiophene rings is 1. The first-order valence-corrected chi connectivity index (χ1v) is 7.81. The normalized spacial score (nSPS) is 11.2. The quantitative estimate of drug-likeness (QED) is 0.674. The van der Waals surface area contributed by atoms with Gasteiger partial charge in [0.25, 0.3) is 0 Å². The summed E-state index contributed by atoms with van der Waals surface area (Å²) in [6.07, 6.45) is 3.45. The highest BCUT2D eigenvalue weighted by atomic mass is 32.1. The first-order chi connectivity index (χ1) is 10.1. The van der Waals surface area contributed by atoms with Crippen molar-refractivity contribution in [1.29, 1.82) is 0 Å². The molecule has 3 nitrogen and oxygen atoms in total. The molecular formula is C17H20N2OS. The molecule has 0 saturated carbocycles. The van der Waals surface area contributed by atoms with Crippen LogP contribution in [0.1, 0.15) is 24.3 Å². The number of anilines is 1. The predicted octanol–water partition coefficient (Wildman–Crippen LogP) is 3.78. The maximum atomic E-state index is 12.4. The molecule has 0 atom stereocenters. The number of nitrogens with two attached hydrogens (primary N) is 1. The zero-order valence-electron chi connectivity index (χ0n) is 12.3. The van der Waals surface area contributed by atoms with E-state index in [2.05, 4.69) is 6.07 Å². The van der Waals surface area contributed by atoms with Crippen molar-refractivity contribution < 1.29 is 4.79 Å². The van der Waals surface area contributed by atoms with Gasteiger partial charge in [-0.3, -0.25) is 4.79 Å². The molecule has 0 bridgehead atoms. The van der Waals surface area contributed by atoms with Crippen LogP contribution in [0.25, 0.3) is 6.08 Å². The average Bonchev–Trinajstić information content (AvgIpc) is 2.96. The molecule has 1 aromatic heterocycles. The van der Waals surface area contributed by atoms with E-state index in [0.29, 0.717) is 6.54 Å². The monoisotopic (exact) mass is 300 g/mol. The highest BCUT2D eigenvalue weighted by molar-refractivity contribution is 7.09. The molecule has 2 N–H and O–H groups in total. The van der Waals surface area contributed by atoms with Crippen LogP contribution in [0.15, 0.2) is 47.9 Å². The number of hydrogen-bond acceptors (Lipinski definition) is 3. The average molecular weight is 300 g/mol. The summed E-state index contributed by atoms with van der Waals surface area (Å²) in [5.41, 5.74) is 7.34. The van der Waals surface area contributed by atoms with Crippen molar-refractivity contribution >= 4 is 29.0 Å². The maximum absolute atomic E-state index is 12.4. The molecular weight excluding hydrogens is 280 g/mol. The second kappa shape index (κ2) is 7.09. The summed E-state index contributed by atoms with van der Waals surface area (Å²) in [6.45, 7) is 4.71. The van der Waals surface area contributed by atoms with E-state index in [1.807, 2.05) is 60.5 Å². The minimum absolute atomic E-state index is 0.0234. The third-order valence-corrected chi connectivity index (χ3v) is 4.03. The van der Waals surface area contributed by atoms with E-state index < -0.39 is 0 Å². The Balaban J connectivity index is 2.06. The van der Waals surface area contributed by atoms with Gasteiger partial charge in [0, 0.05) is 22.7 Å². The maximum Gasteiger partial charge on any atom is 0.247 e. The van der Waals surface area contributed by atoms with Gasteiger partial charge in [0.2, 0.25) is 5.91 Å². The van der Waals surface area contributed by atoms with E-state index in [1.165, 1.54) is 4.88 Å². The Kier molecular flexibility index (Phi) is 5.17. The molecule has 110 valence electrons. The highest BCUT2D eigenvalue weighted by Gasteiger charge is 2.15. The molecule has 4 heteroatoms. The number of amides is 1. The molecule has 0 saturated heterocycles. The fraction of sp³-hybridized carbons (Fsp3) is 0.235. The molecule has 0 aliphatic carbocycles. The molecule has 1 heterocycles. The number of carbonyl (C=O) groups is 1. The zero-order valence-corrected chi connectivity index (χ0v) is 13.1. The second-order valence-electron chi connectivity index (χ2n) is 5.14. The van der Waals surface area contributed by atoms with Gasteiger partial charge in [0.05, 0.1) is 6.54 Å². The number of hydrogen-bond donors (Lipinski definition) is 1. The van der Waals surface area contributed by atoms with Gasteiger partial charge in [0.1, 0.15) is 0 Å². The van der Waals surface area contributed by atoms with Crippen LogP contribution in [0.5, 0.6) is 0 Å². The van der Waals surface area contributed by atoms with Crippen LogP contribution in [0.3, 0.4) is 0 Å². The van der Waals surface area contributed by atoms with Crippen molar-refractivity contribution in [2.45, 2.75) is 26.4 Å². The third kappa shape index (κ3) is 4.46. The standard InChI is InChI=1S/C17H20N2OS/c1-13(2)19(12-16-4-3-11-21-16)17(20)10-7-14-5-8-15(18)9-6-14/h3-11,13H,12,18H2,1-2H3/b10-7+. The van der Waals surface area contributed by atoms with Gasteiger partial charge in [-0.05, 0) is 49.1 Å². The second-order valence-corrected chi connectivity index (χ2v) is 6.17. The van der Waals surface area contributed by atoms with Gasteiger partial charge in [-0.1, -0.05) is 18.2 Å². The van der Waals surface area contributed by atoms with Crippen LogP contribution in [0.4, 0.5) is 5.69 Å². The van der Waals surface area contributed by atoms with Crippen LogP contribution in [0.2, 0.25) is 0 Å². The minimum atomic E-state index is 0.0234. The van der Waals surface area contributed by atoms with Crippen LogP contribution >= 0.6 is 11.3 Å². The van der Waals surface area contributed by atoms with Gasteiger partial charge in [0.15, 0.2) is 0 Å². The van der Waals surface area contributed by atoms with E-state index in [-0.39, 0.29) is 11.9 Å². The molecule has 0 fully saturated rings. The van der Waals surface area contributed by atoms with Gasteiger partial charge in [-0.2, -0.15) is 0 Å². The first kappa shape index (κ1) is 15.3. The highest BCUT2D eigenvalue weighted by Crippen LogP contribution is 2.15. The molecule has 0 aliphatic rings. The number of nitrogens with zero attached hydrogens (tertiary/aromatic N) is 1. The van der Waals surface area contributed by atoms with E-state index in [9.17, 15) is 4.79 Å². The van der Waals surface area contributed by atoms with E-state index in [4.69, 9.17) is 5.73 Å². The molecule has 0 spiro atoms. The lowest BCUT2D eigenvalue weighted by Gasteiger charge is -2.24. The summed E-state index contributed by atoms with van der Waals surface area (Å²) in [7, 11) is 0. The lowest BCUT2D eigenvalue weighted by atomic mass is 10.2. The molecule has 2 rings (SSSR count). The van der Waals surface area contributed by atoms with Crippen molar-refractivity contribution in [3.05, 3.63) is 58.3 Å². The Labute approximate surface area is 129 Å². The summed E-state index contributed by atoms with van der Waals surface area (Å²) in [6, 6.07) is 11.7. The van der Waals surface area contributed by atoms with E-state index in [1.54, 1.807) is 17.4 Å². The summed E-state index contributed by atoms with van der Waals surface area (Å²) >= 11 is 1.67.